The van der Waals surface area contributed by atoms with Crippen LogP contribution in [0.1, 0.15) is 24.3 Å². The van der Waals surface area contributed by atoms with Crippen LogP contribution in [0.2, 0.25) is 5.02 Å². The van der Waals surface area contributed by atoms with Gasteiger partial charge >= 0.3 is 0 Å². The molecule has 0 radical (unpaired) electrons. The van der Waals surface area contributed by atoms with Crippen molar-refractivity contribution in [2.75, 3.05) is 13.4 Å². The third kappa shape index (κ3) is 2.18. The fraction of sp³-hybridized carbons (Fsp3) is 0.455. The molecule has 0 amide bonds. The van der Waals surface area contributed by atoms with Gasteiger partial charge in [0.2, 0.25) is 0 Å². The molecule has 88 valence electrons. The highest BCUT2D eigenvalue weighted by atomic mass is 35.5. The van der Waals surface area contributed by atoms with Gasteiger partial charge in [0, 0.05) is 12.3 Å². The standard InChI is InChI=1S/C11H13ClO3S/c1-15-10-6-11(16(2,13)14)9(12)5-8(10)7-3-4-7/h5-7H,3-4H2,1-2H3. The Bertz CT molecular complexity index is 518. The zero-order valence-corrected chi connectivity index (χ0v) is 10.7. The number of halogens is 1. The number of ether oxygens (including phenoxy) is 1. The van der Waals surface area contributed by atoms with Crippen LogP contribution in [-0.2, 0) is 9.84 Å². The summed E-state index contributed by atoms with van der Waals surface area (Å²) in [6.45, 7) is 0. The second-order valence-electron chi connectivity index (χ2n) is 4.07. The fourth-order valence-corrected chi connectivity index (χ4v) is 3.05. The number of rotatable bonds is 3. The molecule has 1 saturated carbocycles. The van der Waals surface area contributed by atoms with Gasteiger partial charge in [-0.1, -0.05) is 11.6 Å². The summed E-state index contributed by atoms with van der Waals surface area (Å²) in [5.74, 6) is 1.09. The summed E-state index contributed by atoms with van der Waals surface area (Å²) in [6, 6.07) is 3.24. The molecule has 0 unspecified atom stereocenters. The normalized spacial score (nSPS) is 16.2. The number of benzene rings is 1. The zero-order valence-electron chi connectivity index (χ0n) is 9.16. The summed E-state index contributed by atoms with van der Waals surface area (Å²) in [7, 11) is -1.76. The Morgan fingerprint density at radius 1 is 1.38 bits per heavy atom. The Morgan fingerprint density at radius 2 is 2.00 bits per heavy atom. The molecular weight excluding hydrogens is 248 g/mol. The van der Waals surface area contributed by atoms with Crippen LogP contribution in [0.5, 0.6) is 5.75 Å². The SMILES string of the molecule is COc1cc(S(C)(=O)=O)c(Cl)cc1C1CC1. The Balaban J connectivity index is 2.58. The smallest absolute Gasteiger partial charge is 0.177 e. The maximum Gasteiger partial charge on any atom is 0.177 e. The van der Waals surface area contributed by atoms with E-state index in [0.717, 1.165) is 24.7 Å². The lowest BCUT2D eigenvalue weighted by Crippen LogP contribution is -2.01. The van der Waals surface area contributed by atoms with Crippen molar-refractivity contribution >= 4 is 21.4 Å². The van der Waals surface area contributed by atoms with Crippen molar-refractivity contribution in [2.45, 2.75) is 23.7 Å². The van der Waals surface area contributed by atoms with Crippen molar-refractivity contribution in [3.63, 3.8) is 0 Å². The molecular formula is C11H13ClO3S. The molecule has 0 N–H and O–H groups in total. The summed E-state index contributed by atoms with van der Waals surface area (Å²) in [4.78, 5) is 0.135. The van der Waals surface area contributed by atoms with Gasteiger partial charge in [0.25, 0.3) is 0 Å². The second-order valence-corrected chi connectivity index (χ2v) is 6.46. The average Bonchev–Trinajstić information content (AvgIpc) is 2.98. The quantitative estimate of drug-likeness (QED) is 0.839. The fourth-order valence-electron chi connectivity index (χ4n) is 1.72. The molecule has 0 spiro atoms. The second kappa shape index (κ2) is 3.93. The van der Waals surface area contributed by atoms with E-state index in [1.165, 1.54) is 6.07 Å². The first kappa shape index (κ1) is 11.7. The summed E-state index contributed by atoms with van der Waals surface area (Å²) < 4.78 is 28.2. The molecule has 0 aliphatic heterocycles. The Hall–Kier alpha value is -0.740. The highest BCUT2D eigenvalue weighted by molar-refractivity contribution is 7.90. The number of methoxy groups -OCH3 is 1. The van der Waals surface area contributed by atoms with E-state index in [1.807, 2.05) is 0 Å². The van der Waals surface area contributed by atoms with Crippen LogP contribution in [-0.4, -0.2) is 21.8 Å². The molecule has 0 atom stereocenters. The highest BCUT2D eigenvalue weighted by Gasteiger charge is 2.28. The van der Waals surface area contributed by atoms with Gasteiger partial charge in [0.05, 0.1) is 17.0 Å². The zero-order chi connectivity index (χ0) is 11.9. The van der Waals surface area contributed by atoms with Crippen LogP contribution < -0.4 is 4.74 Å². The number of hydrogen-bond acceptors (Lipinski definition) is 3. The highest BCUT2D eigenvalue weighted by Crippen LogP contribution is 2.46. The van der Waals surface area contributed by atoms with E-state index >= 15 is 0 Å². The molecule has 0 bridgehead atoms. The topological polar surface area (TPSA) is 43.4 Å². The third-order valence-corrected chi connectivity index (χ3v) is 4.26. The van der Waals surface area contributed by atoms with E-state index in [1.54, 1.807) is 13.2 Å². The molecule has 0 saturated heterocycles. The van der Waals surface area contributed by atoms with E-state index in [9.17, 15) is 8.42 Å². The van der Waals surface area contributed by atoms with E-state index in [4.69, 9.17) is 16.3 Å². The maximum atomic E-state index is 11.5. The Morgan fingerprint density at radius 3 is 2.44 bits per heavy atom. The van der Waals surface area contributed by atoms with Gasteiger partial charge in [-0.2, -0.15) is 0 Å². The molecule has 1 aromatic rings. The van der Waals surface area contributed by atoms with Crippen molar-refractivity contribution in [3.8, 4) is 5.75 Å². The van der Waals surface area contributed by atoms with Gasteiger partial charge < -0.3 is 4.74 Å². The third-order valence-electron chi connectivity index (χ3n) is 2.70. The average molecular weight is 261 g/mol. The maximum absolute atomic E-state index is 11.5. The summed E-state index contributed by atoms with van der Waals surface area (Å²) in [5.41, 5.74) is 1.01. The number of hydrogen-bond donors (Lipinski definition) is 0. The van der Waals surface area contributed by atoms with Gasteiger partial charge in [-0.3, -0.25) is 0 Å². The summed E-state index contributed by atoms with van der Waals surface area (Å²) in [5, 5.41) is 0.283. The van der Waals surface area contributed by atoms with Gasteiger partial charge in [0.15, 0.2) is 9.84 Å². The molecule has 5 heteroatoms. The molecule has 1 aliphatic carbocycles. The first-order valence-electron chi connectivity index (χ1n) is 5.01. The van der Waals surface area contributed by atoms with Crippen molar-refractivity contribution in [3.05, 3.63) is 22.7 Å². The minimum absolute atomic E-state index is 0.135. The lowest BCUT2D eigenvalue weighted by atomic mass is 10.1. The van der Waals surface area contributed by atoms with Crippen LogP contribution in [0.3, 0.4) is 0 Å². The molecule has 1 aromatic carbocycles. The van der Waals surface area contributed by atoms with Crippen molar-refractivity contribution in [1.82, 2.24) is 0 Å². The molecule has 16 heavy (non-hydrogen) atoms. The Labute approximate surface area is 100 Å². The number of sulfone groups is 1. The molecule has 1 aliphatic rings. The lowest BCUT2D eigenvalue weighted by molar-refractivity contribution is 0.408. The van der Waals surface area contributed by atoms with Crippen LogP contribution >= 0.6 is 11.6 Å². The van der Waals surface area contributed by atoms with Crippen molar-refractivity contribution < 1.29 is 13.2 Å². The molecule has 1 fully saturated rings. The minimum Gasteiger partial charge on any atom is -0.496 e. The first-order chi connectivity index (χ1) is 7.43. The summed E-state index contributed by atoms with van der Waals surface area (Å²) >= 11 is 5.98. The first-order valence-corrected chi connectivity index (χ1v) is 7.28. The van der Waals surface area contributed by atoms with Crippen LogP contribution in [0.25, 0.3) is 0 Å². The van der Waals surface area contributed by atoms with E-state index in [0.29, 0.717) is 11.7 Å². The van der Waals surface area contributed by atoms with Gasteiger partial charge in [0.1, 0.15) is 5.75 Å². The van der Waals surface area contributed by atoms with Crippen molar-refractivity contribution in [1.29, 1.82) is 0 Å². The predicted octanol–water partition coefficient (Wildman–Crippen LogP) is 2.63. The van der Waals surface area contributed by atoms with E-state index < -0.39 is 9.84 Å². The van der Waals surface area contributed by atoms with E-state index in [-0.39, 0.29) is 9.92 Å². The predicted molar refractivity (Wildman–Crippen MR) is 63.1 cm³/mol. The Kier molecular flexibility index (Phi) is 2.88. The largest absolute Gasteiger partial charge is 0.496 e. The summed E-state index contributed by atoms with van der Waals surface area (Å²) in [6.07, 6.45) is 3.38. The minimum atomic E-state index is -3.30. The molecule has 2 rings (SSSR count). The van der Waals surface area contributed by atoms with Crippen molar-refractivity contribution in [2.24, 2.45) is 0 Å². The monoisotopic (exact) mass is 260 g/mol. The molecule has 0 aromatic heterocycles. The molecule has 0 heterocycles. The van der Waals surface area contributed by atoms with Crippen LogP contribution in [0.15, 0.2) is 17.0 Å². The van der Waals surface area contributed by atoms with Gasteiger partial charge in [-0.25, -0.2) is 8.42 Å². The van der Waals surface area contributed by atoms with Gasteiger partial charge in [-0.05, 0) is 30.4 Å². The van der Waals surface area contributed by atoms with Crippen LogP contribution in [0.4, 0.5) is 0 Å². The van der Waals surface area contributed by atoms with Crippen LogP contribution in [0, 0.1) is 0 Å². The van der Waals surface area contributed by atoms with E-state index in [2.05, 4.69) is 0 Å². The molecule has 3 nitrogen and oxygen atoms in total. The lowest BCUT2D eigenvalue weighted by Gasteiger charge is -2.11. The van der Waals surface area contributed by atoms with Gasteiger partial charge in [-0.15, -0.1) is 0 Å².